The maximum absolute atomic E-state index is 13.4. The number of aryl methyl sites for hydroxylation is 1. The Balaban J connectivity index is 1.56. The molecule has 146 valence electrons. The molecule has 0 saturated carbocycles. The van der Waals surface area contributed by atoms with Crippen molar-refractivity contribution in [1.29, 1.82) is 0 Å². The number of nitrogens with zero attached hydrogens (tertiary/aromatic N) is 2. The Morgan fingerprint density at radius 2 is 1.70 bits per heavy atom. The topological polar surface area (TPSA) is 52.7 Å². The first-order chi connectivity index (χ1) is 12.8. The Morgan fingerprint density at radius 1 is 1.04 bits per heavy atom. The average Bonchev–Trinajstić information content (AvgIpc) is 2.65. The van der Waals surface area contributed by atoms with E-state index in [1.54, 1.807) is 6.92 Å². The summed E-state index contributed by atoms with van der Waals surface area (Å²) in [6.07, 6.45) is 0.580. The number of rotatable bonds is 6. The van der Waals surface area contributed by atoms with Crippen LogP contribution in [-0.2, 0) is 16.4 Å². The van der Waals surface area contributed by atoms with Crippen molar-refractivity contribution < 1.29 is 12.8 Å². The second-order valence-electron chi connectivity index (χ2n) is 7.01. The molecule has 1 fully saturated rings. The van der Waals surface area contributed by atoms with Gasteiger partial charge in [0.25, 0.3) is 0 Å². The lowest BCUT2D eigenvalue weighted by Gasteiger charge is -2.34. The molecule has 1 saturated heterocycles. The molecular weight excluding hydrogens is 365 g/mol. The number of piperazine rings is 1. The molecule has 27 heavy (non-hydrogen) atoms. The van der Waals surface area contributed by atoms with Gasteiger partial charge in [-0.2, -0.15) is 0 Å². The molecule has 5 nitrogen and oxygen atoms in total. The SMILES string of the molecule is Cc1ccc(F)cc1S(=O)(=O)NCCc1ccc(N2CCN(C)CC2)cc1. The Kier molecular flexibility index (Phi) is 6.14. The smallest absolute Gasteiger partial charge is 0.240 e. The van der Waals surface area contributed by atoms with Crippen molar-refractivity contribution in [3.05, 3.63) is 59.4 Å². The van der Waals surface area contributed by atoms with Crippen LogP contribution in [0.1, 0.15) is 11.1 Å². The molecule has 1 aliphatic heterocycles. The summed E-state index contributed by atoms with van der Waals surface area (Å²) < 4.78 is 40.7. The third kappa shape index (κ3) is 5.06. The molecule has 0 bridgehead atoms. The fraction of sp³-hybridized carbons (Fsp3) is 0.400. The second kappa shape index (κ2) is 8.37. The van der Waals surface area contributed by atoms with Gasteiger partial charge in [-0.25, -0.2) is 17.5 Å². The van der Waals surface area contributed by atoms with Gasteiger partial charge in [0.2, 0.25) is 10.0 Å². The zero-order chi connectivity index (χ0) is 19.4. The monoisotopic (exact) mass is 391 g/mol. The highest BCUT2D eigenvalue weighted by atomic mass is 32.2. The molecule has 0 spiro atoms. The van der Waals surface area contributed by atoms with E-state index in [-0.39, 0.29) is 11.4 Å². The molecule has 2 aromatic rings. The van der Waals surface area contributed by atoms with Crippen LogP contribution in [0.3, 0.4) is 0 Å². The summed E-state index contributed by atoms with van der Waals surface area (Å²) in [6, 6.07) is 12.0. The van der Waals surface area contributed by atoms with E-state index < -0.39 is 15.8 Å². The number of sulfonamides is 1. The minimum absolute atomic E-state index is 0.00656. The van der Waals surface area contributed by atoms with Crippen LogP contribution in [0.4, 0.5) is 10.1 Å². The van der Waals surface area contributed by atoms with Crippen molar-refractivity contribution in [2.75, 3.05) is 44.7 Å². The predicted molar refractivity (Wildman–Crippen MR) is 106 cm³/mol. The van der Waals surface area contributed by atoms with Crippen LogP contribution in [0.25, 0.3) is 0 Å². The Morgan fingerprint density at radius 3 is 2.37 bits per heavy atom. The van der Waals surface area contributed by atoms with Gasteiger partial charge in [-0.1, -0.05) is 18.2 Å². The van der Waals surface area contributed by atoms with Gasteiger partial charge < -0.3 is 9.80 Å². The van der Waals surface area contributed by atoms with E-state index in [9.17, 15) is 12.8 Å². The molecule has 3 rings (SSSR count). The van der Waals surface area contributed by atoms with Gasteiger partial charge in [0.15, 0.2) is 0 Å². The van der Waals surface area contributed by atoms with Crippen LogP contribution in [0.5, 0.6) is 0 Å². The Hall–Kier alpha value is -1.96. The average molecular weight is 392 g/mol. The summed E-state index contributed by atoms with van der Waals surface area (Å²) in [4.78, 5) is 4.67. The molecule has 0 atom stereocenters. The molecular formula is C20H26FN3O2S. The lowest BCUT2D eigenvalue weighted by Crippen LogP contribution is -2.44. The Bertz CT molecular complexity index is 877. The lowest BCUT2D eigenvalue weighted by atomic mass is 10.1. The molecule has 1 N–H and O–H groups in total. The number of hydrogen-bond acceptors (Lipinski definition) is 4. The fourth-order valence-corrected chi connectivity index (χ4v) is 4.49. The normalized spacial score (nSPS) is 15.9. The van der Waals surface area contributed by atoms with Crippen molar-refractivity contribution in [2.45, 2.75) is 18.2 Å². The molecule has 1 aliphatic rings. The quantitative estimate of drug-likeness (QED) is 0.822. The van der Waals surface area contributed by atoms with Crippen LogP contribution < -0.4 is 9.62 Å². The van der Waals surface area contributed by atoms with E-state index in [0.29, 0.717) is 12.0 Å². The summed E-state index contributed by atoms with van der Waals surface area (Å²) in [5.74, 6) is -0.555. The summed E-state index contributed by atoms with van der Waals surface area (Å²) >= 11 is 0. The zero-order valence-corrected chi connectivity index (χ0v) is 16.6. The first-order valence-electron chi connectivity index (χ1n) is 9.13. The van der Waals surface area contributed by atoms with Gasteiger partial charge >= 0.3 is 0 Å². The maximum Gasteiger partial charge on any atom is 0.240 e. The van der Waals surface area contributed by atoms with E-state index in [4.69, 9.17) is 0 Å². The minimum Gasteiger partial charge on any atom is -0.369 e. The standard InChI is InChI=1S/C20H26FN3O2S/c1-16-3-6-18(21)15-20(16)27(25,26)22-10-9-17-4-7-19(8-5-17)24-13-11-23(2)12-14-24/h3-8,15,22H,9-14H2,1-2H3. The number of benzene rings is 2. The highest BCUT2D eigenvalue weighted by Gasteiger charge is 2.17. The van der Waals surface area contributed by atoms with E-state index in [1.807, 2.05) is 12.1 Å². The zero-order valence-electron chi connectivity index (χ0n) is 15.8. The number of nitrogens with one attached hydrogen (secondary N) is 1. The summed E-state index contributed by atoms with van der Waals surface area (Å²) in [5, 5.41) is 0. The maximum atomic E-state index is 13.4. The van der Waals surface area contributed by atoms with Crippen LogP contribution in [0, 0.1) is 12.7 Å². The van der Waals surface area contributed by atoms with Crippen molar-refractivity contribution in [3.8, 4) is 0 Å². The van der Waals surface area contributed by atoms with Crippen LogP contribution >= 0.6 is 0 Å². The fourth-order valence-electron chi connectivity index (χ4n) is 3.21. The minimum atomic E-state index is -3.72. The van der Waals surface area contributed by atoms with Gasteiger partial charge in [0.1, 0.15) is 5.82 Å². The van der Waals surface area contributed by atoms with Gasteiger partial charge in [0, 0.05) is 38.4 Å². The second-order valence-corrected chi connectivity index (χ2v) is 8.75. The number of anilines is 1. The van der Waals surface area contributed by atoms with Crippen molar-refractivity contribution in [1.82, 2.24) is 9.62 Å². The highest BCUT2D eigenvalue weighted by Crippen LogP contribution is 2.18. The summed E-state index contributed by atoms with van der Waals surface area (Å²) in [5.41, 5.74) is 2.79. The van der Waals surface area contributed by atoms with Crippen LogP contribution in [0.15, 0.2) is 47.4 Å². The van der Waals surface area contributed by atoms with Crippen molar-refractivity contribution >= 4 is 15.7 Å². The van der Waals surface area contributed by atoms with Gasteiger partial charge in [-0.15, -0.1) is 0 Å². The molecule has 1 heterocycles. The predicted octanol–water partition coefficient (Wildman–Crippen LogP) is 2.41. The van der Waals surface area contributed by atoms with E-state index in [0.717, 1.165) is 37.8 Å². The van der Waals surface area contributed by atoms with E-state index >= 15 is 0 Å². The van der Waals surface area contributed by atoms with Crippen LogP contribution in [-0.4, -0.2) is 53.1 Å². The van der Waals surface area contributed by atoms with Gasteiger partial charge in [-0.3, -0.25) is 0 Å². The first-order valence-corrected chi connectivity index (χ1v) is 10.6. The molecule has 0 amide bonds. The largest absolute Gasteiger partial charge is 0.369 e. The molecule has 0 radical (unpaired) electrons. The van der Waals surface area contributed by atoms with Crippen molar-refractivity contribution in [3.63, 3.8) is 0 Å². The molecule has 7 heteroatoms. The van der Waals surface area contributed by atoms with Gasteiger partial charge in [0.05, 0.1) is 4.90 Å². The Labute approximate surface area is 160 Å². The molecule has 2 aromatic carbocycles. The lowest BCUT2D eigenvalue weighted by molar-refractivity contribution is 0.313. The van der Waals surface area contributed by atoms with Crippen LogP contribution in [0.2, 0.25) is 0 Å². The number of halogens is 1. The van der Waals surface area contributed by atoms with Crippen molar-refractivity contribution in [2.24, 2.45) is 0 Å². The van der Waals surface area contributed by atoms with Gasteiger partial charge in [-0.05, 0) is 55.8 Å². The number of likely N-dealkylation sites (N-methyl/N-ethyl adjacent to an activating group) is 1. The number of hydrogen-bond donors (Lipinski definition) is 1. The third-order valence-corrected chi connectivity index (χ3v) is 6.55. The summed E-state index contributed by atoms with van der Waals surface area (Å²) in [7, 11) is -1.59. The molecule has 0 unspecified atom stereocenters. The van der Waals surface area contributed by atoms with E-state index in [2.05, 4.69) is 33.7 Å². The third-order valence-electron chi connectivity index (χ3n) is 4.95. The highest BCUT2D eigenvalue weighted by molar-refractivity contribution is 7.89. The molecule has 0 aromatic heterocycles. The summed E-state index contributed by atoms with van der Waals surface area (Å²) in [6.45, 7) is 6.08. The van der Waals surface area contributed by atoms with E-state index in [1.165, 1.54) is 17.8 Å². The first kappa shape index (κ1) is 19.8. The molecule has 0 aliphatic carbocycles.